The number of Topliss-reactive ketones (excluding diaryl/α,β-unsaturated/α-hetero) is 3. The third-order valence-electron chi connectivity index (χ3n) is 16.6. The molecular weight excluding hydrogens is 975 g/mol. The first kappa shape index (κ1) is 65.1. The number of hydrogen-bond donors (Lipinski definition) is 4. The summed E-state index contributed by atoms with van der Waals surface area (Å²) in [6.45, 7) is 20.9. The number of ketones is 3. The summed E-state index contributed by atoms with van der Waals surface area (Å²) < 4.78 is 36.9. The van der Waals surface area contributed by atoms with E-state index in [-0.39, 0.29) is 67.8 Å². The van der Waals surface area contributed by atoms with Crippen molar-refractivity contribution in [3.05, 3.63) is 47.6 Å². The van der Waals surface area contributed by atoms with E-state index >= 15 is 0 Å². The molecule has 3 fully saturated rings. The highest BCUT2D eigenvalue weighted by Crippen LogP contribution is 2.39. The van der Waals surface area contributed by atoms with Crippen LogP contribution in [0.25, 0.3) is 0 Å². The second-order valence-electron chi connectivity index (χ2n) is 24.1. The summed E-state index contributed by atoms with van der Waals surface area (Å²) in [5.74, 6) is -8.32. The number of nitrogens with zero attached hydrogens (tertiary/aromatic N) is 1. The Morgan fingerprint density at radius 2 is 1.55 bits per heavy atom. The molecule has 432 valence electrons. The molecular formula is C60H97NO15. The molecule has 4 aliphatic rings. The molecule has 0 aromatic carbocycles. The highest BCUT2D eigenvalue weighted by molar-refractivity contribution is 6.39. The highest BCUT2D eigenvalue weighted by atomic mass is 16.6. The fourth-order valence-electron chi connectivity index (χ4n) is 11.3. The number of carbonyl (C=O) groups is 5. The van der Waals surface area contributed by atoms with Crippen molar-refractivity contribution in [2.24, 2.45) is 35.5 Å². The van der Waals surface area contributed by atoms with Gasteiger partial charge in [-0.05, 0) is 147 Å². The Balaban J connectivity index is 1.74. The summed E-state index contributed by atoms with van der Waals surface area (Å²) in [7, 11) is 2.94. The van der Waals surface area contributed by atoms with E-state index in [0.29, 0.717) is 82.8 Å². The topological polar surface area (TPSA) is 225 Å². The summed E-state index contributed by atoms with van der Waals surface area (Å²) in [6, 6.07) is -1.18. The lowest BCUT2D eigenvalue weighted by molar-refractivity contribution is -0.267. The van der Waals surface area contributed by atoms with Crippen LogP contribution in [0.1, 0.15) is 166 Å². The van der Waals surface area contributed by atoms with Gasteiger partial charge in [0.1, 0.15) is 30.1 Å². The number of allylic oxidation sites excluding steroid dienone is 6. The first-order chi connectivity index (χ1) is 35.7. The molecule has 16 nitrogen and oxygen atoms in total. The van der Waals surface area contributed by atoms with Gasteiger partial charge in [0.15, 0.2) is 5.78 Å². The number of carbonyl (C=O) groups excluding carboxylic acids is 5. The number of hydrogen-bond acceptors (Lipinski definition) is 15. The average molecular weight is 1070 g/mol. The number of aliphatic hydroxyl groups is 4. The molecule has 0 aromatic heterocycles. The lowest BCUT2D eigenvalue weighted by Gasteiger charge is -2.43. The van der Waals surface area contributed by atoms with E-state index < -0.39 is 95.1 Å². The first-order valence-electron chi connectivity index (χ1n) is 28.2. The molecule has 3 heterocycles. The van der Waals surface area contributed by atoms with Crippen molar-refractivity contribution in [3.63, 3.8) is 0 Å². The Bertz CT molecular complexity index is 2040. The molecule has 0 aromatic rings. The maximum Gasteiger partial charge on any atom is 0.329 e. The summed E-state index contributed by atoms with van der Waals surface area (Å²) in [5.41, 5.74) is -0.0378. The van der Waals surface area contributed by atoms with Crippen molar-refractivity contribution >= 4 is 29.2 Å². The first-order valence-corrected chi connectivity index (χ1v) is 28.2. The molecule has 2 saturated heterocycles. The Labute approximate surface area is 454 Å². The molecule has 4 rings (SSSR count). The number of aliphatic hydroxyl groups excluding tert-OH is 3. The van der Waals surface area contributed by atoms with Crippen LogP contribution in [0.4, 0.5) is 0 Å². The Kier molecular flexibility index (Phi) is 25.4. The van der Waals surface area contributed by atoms with Gasteiger partial charge in [0.05, 0.1) is 42.2 Å². The van der Waals surface area contributed by atoms with Gasteiger partial charge in [0.25, 0.3) is 11.7 Å². The average Bonchev–Trinajstić information content (AvgIpc) is 3.36. The lowest BCUT2D eigenvalue weighted by atomic mass is 9.78. The monoisotopic (exact) mass is 1070 g/mol. The van der Waals surface area contributed by atoms with Gasteiger partial charge in [-0.1, -0.05) is 71.1 Å². The SMILES string of the molecule is CO[C@@H]1C[C@H](C[C@@H](C)[C@@H]2CC(=O)[C@H](C)/C=C(\C)[C@@H](O)[C@@H](OC)C(=O)[C@H](C)C[C@H](C)/C=C/C=C/C=C(\C)C(OC(C)(C)CCOC(C)(C)CCO)C[C@@H]3CC[C@@H](C)[C@@](O)(O3)C(=O)C(=O)N3CCCCC3C(=O)O2)CC[C@H]1O. The minimum atomic E-state index is -2.50. The van der Waals surface area contributed by atoms with Crippen LogP contribution in [0.15, 0.2) is 47.6 Å². The fraction of sp³-hybridized carbons (Fsp3) is 0.783. The van der Waals surface area contributed by atoms with Gasteiger partial charge in [-0.3, -0.25) is 19.2 Å². The zero-order chi connectivity index (χ0) is 56.7. The standard InChI is InChI=1S/C60H97NO15/c1-37-19-15-14-16-20-38(2)50(76-59(10,11)27-30-73-58(8,9)26-29-62)35-45-24-22-43(7)60(70,75-45)55(67)56(68)61-28-18-17-21-46(61)57(69)74-49(40(4)33-44-23-25-47(63)51(34-44)71-12)36-48(64)39(3)32-42(6)53(66)54(72-13)52(65)41(5)31-37/h14-16,19-20,32,37,39-41,43-47,49-51,53-54,62-63,66,70H,17-18,21-31,33-36H2,1-13H3/b16-14+,19-15+,38-20+,42-32+/t37-,39-,40-,41-,43-,44+,45+,46?,47-,49+,50?,51-,53-,54+,60-/m1/s1. The van der Waals surface area contributed by atoms with E-state index in [1.54, 1.807) is 34.0 Å². The maximum atomic E-state index is 14.6. The van der Waals surface area contributed by atoms with Gasteiger partial charge in [-0.15, -0.1) is 0 Å². The molecule has 0 radical (unpaired) electrons. The molecule has 1 aliphatic carbocycles. The summed E-state index contributed by atoms with van der Waals surface area (Å²) in [5, 5.41) is 43.9. The normalized spacial score (nSPS) is 36.8. The number of amides is 1. The van der Waals surface area contributed by atoms with Gasteiger partial charge < -0.3 is 53.7 Å². The van der Waals surface area contributed by atoms with E-state index in [1.165, 1.54) is 12.0 Å². The molecule has 1 saturated carbocycles. The van der Waals surface area contributed by atoms with Gasteiger partial charge in [-0.2, -0.15) is 0 Å². The third kappa shape index (κ3) is 18.6. The number of methoxy groups -OCH3 is 2. The number of rotatable bonds is 13. The largest absolute Gasteiger partial charge is 0.460 e. The van der Waals surface area contributed by atoms with E-state index in [0.717, 1.165) is 5.57 Å². The quantitative estimate of drug-likeness (QED) is 0.0782. The van der Waals surface area contributed by atoms with Crippen molar-refractivity contribution in [1.82, 2.24) is 4.90 Å². The van der Waals surface area contributed by atoms with Crippen LogP contribution in [-0.2, 0) is 52.4 Å². The second-order valence-corrected chi connectivity index (χ2v) is 24.1. The number of ether oxygens (including phenoxy) is 6. The minimum Gasteiger partial charge on any atom is -0.460 e. The molecule has 1 amide bonds. The predicted molar refractivity (Wildman–Crippen MR) is 290 cm³/mol. The van der Waals surface area contributed by atoms with Gasteiger partial charge in [0, 0.05) is 58.0 Å². The molecule has 2 bridgehead atoms. The molecule has 76 heavy (non-hydrogen) atoms. The molecule has 4 N–H and O–H groups in total. The summed E-state index contributed by atoms with van der Waals surface area (Å²) in [4.78, 5) is 73.0. The molecule has 16 heteroatoms. The van der Waals surface area contributed by atoms with Crippen molar-refractivity contribution in [2.75, 3.05) is 34.0 Å². The van der Waals surface area contributed by atoms with E-state index in [1.807, 2.05) is 85.8 Å². The predicted octanol–water partition coefficient (Wildman–Crippen LogP) is 7.90. The zero-order valence-electron chi connectivity index (χ0n) is 48.3. The van der Waals surface area contributed by atoms with Gasteiger partial charge >= 0.3 is 5.97 Å². The van der Waals surface area contributed by atoms with Crippen LogP contribution < -0.4 is 0 Å². The number of cyclic esters (lactones) is 1. The number of piperidine rings is 1. The van der Waals surface area contributed by atoms with Crippen molar-refractivity contribution in [2.45, 2.75) is 232 Å². The number of fused-ring (bicyclic) bond motifs is 3. The fourth-order valence-corrected chi connectivity index (χ4v) is 11.3. The molecule has 3 aliphatic heterocycles. The third-order valence-corrected chi connectivity index (χ3v) is 16.6. The van der Waals surface area contributed by atoms with Crippen molar-refractivity contribution in [1.29, 1.82) is 0 Å². The van der Waals surface area contributed by atoms with E-state index in [9.17, 15) is 44.4 Å². The Morgan fingerprint density at radius 3 is 2.22 bits per heavy atom. The van der Waals surface area contributed by atoms with Crippen molar-refractivity contribution < 1.29 is 72.8 Å². The molecule has 0 spiro atoms. The summed E-state index contributed by atoms with van der Waals surface area (Å²) >= 11 is 0. The molecule has 15 atom stereocenters. The van der Waals surface area contributed by atoms with E-state index in [4.69, 9.17) is 28.4 Å². The lowest BCUT2D eigenvalue weighted by Crippen LogP contribution is -2.61. The highest BCUT2D eigenvalue weighted by Gasteiger charge is 2.53. The number of esters is 1. The van der Waals surface area contributed by atoms with Crippen LogP contribution >= 0.6 is 0 Å². The zero-order valence-corrected chi connectivity index (χ0v) is 48.3. The van der Waals surface area contributed by atoms with E-state index in [2.05, 4.69) is 0 Å². The Hall–Kier alpha value is -3.45. The van der Waals surface area contributed by atoms with Gasteiger partial charge in [0.2, 0.25) is 5.79 Å². The van der Waals surface area contributed by atoms with Gasteiger partial charge in [-0.25, -0.2) is 4.79 Å². The minimum absolute atomic E-state index is 0.00411. The van der Waals surface area contributed by atoms with Crippen LogP contribution in [0, 0.1) is 35.5 Å². The molecule has 2 unspecified atom stereocenters. The smallest absolute Gasteiger partial charge is 0.329 e. The Morgan fingerprint density at radius 1 is 0.842 bits per heavy atom. The van der Waals surface area contributed by atoms with Crippen molar-refractivity contribution in [3.8, 4) is 0 Å². The van der Waals surface area contributed by atoms with Crippen LogP contribution in [0.2, 0.25) is 0 Å². The van der Waals surface area contributed by atoms with Crippen LogP contribution in [-0.4, -0.2) is 154 Å². The summed E-state index contributed by atoms with van der Waals surface area (Å²) in [6.07, 6.45) is 11.5. The maximum absolute atomic E-state index is 14.6. The van der Waals surface area contributed by atoms with Crippen LogP contribution in [0.3, 0.4) is 0 Å². The van der Waals surface area contributed by atoms with Crippen LogP contribution in [0.5, 0.6) is 0 Å². The second kappa shape index (κ2) is 29.7.